The number of piperidine rings is 1. The summed E-state index contributed by atoms with van der Waals surface area (Å²) in [4.78, 5) is 48.9. The van der Waals surface area contributed by atoms with Crippen molar-refractivity contribution in [1.29, 1.82) is 0 Å². The molecule has 1 saturated carbocycles. The number of methoxy groups -OCH3 is 2. The van der Waals surface area contributed by atoms with Gasteiger partial charge in [-0.2, -0.15) is 0 Å². The van der Waals surface area contributed by atoms with Crippen molar-refractivity contribution >= 4 is 23.9 Å². The monoisotopic (exact) mass is 807 g/mol. The molecule has 2 heterocycles. The summed E-state index contributed by atoms with van der Waals surface area (Å²) in [7, 11) is 3.13. The highest BCUT2D eigenvalue weighted by Gasteiger charge is 2.56. The number of hydrogen-bond acceptors (Lipinski definition) is 12. The number of unbranched alkanes of at least 4 members (excludes halogenated alkanes) is 1. The molecule has 10 atom stereocenters. The quantitative estimate of drug-likeness (QED) is 0.0405. The number of amides is 1. The molecule has 2 aliphatic heterocycles. The van der Waals surface area contributed by atoms with Crippen molar-refractivity contribution in [3.8, 4) is 0 Å². The molecule has 3 N–H and O–H groups in total. The van der Waals surface area contributed by atoms with Gasteiger partial charge in [0.15, 0.2) is 0 Å². The van der Waals surface area contributed by atoms with Gasteiger partial charge in [-0.15, -0.1) is 0 Å². The molecule has 1 amide bonds. The van der Waals surface area contributed by atoms with Crippen LogP contribution in [0.5, 0.6) is 0 Å². The number of likely N-dealkylation sites (tertiary alicyclic amines) is 1. The van der Waals surface area contributed by atoms with Crippen molar-refractivity contribution in [2.24, 2.45) is 28.8 Å². The number of aliphatic hydroxyl groups excluding tert-OH is 2. The van der Waals surface area contributed by atoms with Crippen molar-refractivity contribution in [1.82, 2.24) is 4.90 Å². The van der Waals surface area contributed by atoms with Crippen molar-refractivity contribution < 1.29 is 53.5 Å². The predicted octanol–water partition coefficient (Wildman–Crippen LogP) is 6.06. The minimum atomic E-state index is -2.48. The zero-order valence-corrected chi connectivity index (χ0v) is 36.2. The van der Waals surface area contributed by atoms with Crippen LogP contribution in [-0.2, 0) is 38.2 Å². The van der Waals surface area contributed by atoms with Crippen molar-refractivity contribution in [2.45, 2.75) is 180 Å². The average molecular weight is 807 g/mol. The van der Waals surface area contributed by atoms with Crippen LogP contribution >= 0.6 is 0 Å². The number of ether oxygens (including phenoxy) is 4. The third kappa shape index (κ3) is 13.7. The molecule has 0 spiro atoms. The Balaban J connectivity index is 1.84. The van der Waals surface area contributed by atoms with E-state index >= 15 is 0 Å². The first-order valence-electron chi connectivity index (χ1n) is 21.5. The minimum Gasteiger partial charge on any atom is -0.456 e. The fourth-order valence-corrected chi connectivity index (χ4v) is 8.68. The van der Waals surface area contributed by atoms with Crippen LogP contribution in [0, 0.1) is 23.7 Å². The Morgan fingerprint density at radius 1 is 1.05 bits per heavy atom. The highest BCUT2D eigenvalue weighted by molar-refractivity contribution is 6.39. The van der Waals surface area contributed by atoms with E-state index in [9.17, 15) is 29.7 Å². The van der Waals surface area contributed by atoms with Crippen LogP contribution in [0.1, 0.15) is 132 Å². The lowest BCUT2D eigenvalue weighted by molar-refractivity contribution is -0.302. The number of ketones is 1. The summed E-state index contributed by atoms with van der Waals surface area (Å²) < 4.78 is 24.2. The Hall–Kier alpha value is -2.68. The summed E-state index contributed by atoms with van der Waals surface area (Å²) in [5.74, 6) is -6.28. The van der Waals surface area contributed by atoms with Crippen LogP contribution in [0.25, 0.3) is 0 Å². The summed E-state index contributed by atoms with van der Waals surface area (Å²) in [6.45, 7) is 14.0. The van der Waals surface area contributed by atoms with E-state index in [-0.39, 0.29) is 43.7 Å². The lowest BCUT2D eigenvalue weighted by Crippen LogP contribution is -2.64. The second kappa shape index (κ2) is 23.8. The maximum atomic E-state index is 14.2. The number of allylic oxidation sites excluding steroid dienone is 3. The lowest BCUT2D eigenvalue weighted by atomic mass is 9.82. The molecule has 1 aliphatic carbocycles. The van der Waals surface area contributed by atoms with E-state index in [0.29, 0.717) is 38.7 Å². The van der Waals surface area contributed by atoms with E-state index in [1.54, 1.807) is 28.1 Å². The van der Waals surface area contributed by atoms with Crippen molar-refractivity contribution in [3.63, 3.8) is 0 Å². The molecular weight excluding hydrogens is 732 g/mol. The molecule has 0 aromatic rings. The number of Topliss-reactive ketones (excluding diaryl/α,β-unsaturated/α-hetero) is 1. The SMILES string of the molecule is CCCC=C(C)CC(C)CC(OC)C1OC(O)(C(=O)C(=O)N2CCCCC2C(=O)OC(C(C)=CC2CCC(O)CC2)C(C)C(O)CC=NOCC)C(C)CC1OC. The molecule has 326 valence electrons. The highest BCUT2D eigenvalue weighted by atomic mass is 16.7. The summed E-state index contributed by atoms with van der Waals surface area (Å²) in [5.41, 5.74) is 2.04. The summed E-state index contributed by atoms with van der Waals surface area (Å²) in [5, 5.41) is 37.1. The number of aliphatic hydroxyl groups is 3. The summed E-state index contributed by atoms with van der Waals surface area (Å²) in [6.07, 6.45) is 10.2. The number of nitrogens with zero attached hydrogens (tertiary/aromatic N) is 2. The number of esters is 1. The molecule has 10 unspecified atom stereocenters. The Kier molecular flexibility index (Phi) is 20.3. The van der Waals surface area contributed by atoms with Gasteiger partial charge >= 0.3 is 5.97 Å². The zero-order chi connectivity index (χ0) is 42.3. The van der Waals surface area contributed by atoms with E-state index in [1.165, 1.54) is 16.7 Å². The van der Waals surface area contributed by atoms with E-state index in [4.69, 9.17) is 23.8 Å². The Morgan fingerprint density at radius 3 is 2.39 bits per heavy atom. The number of oxime groups is 1. The fraction of sp³-hybridized carbons (Fsp3) is 0.818. The van der Waals surface area contributed by atoms with Crippen LogP contribution in [0.15, 0.2) is 28.5 Å². The standard InChI is InChI=1S/C44H74N2O11/c1-10-12-15-28(3)24-29(4)25-37(53-8)40-38(54-9)27-31(6)44(52,57-40)41(49)42(50)46-23-14-13-16-35(46)43(51)56-39(32(7)36(48)21-22-45-55-11-2)30(5)26-33-17-19-34(47)20-18-33/h15,22,26,29,31-40,47-48,52H,10-14,16-21,23-25,27H2,1-9H3. The van der Waals surface area contributed by atoms with Gasteiger partial charge in [-0.05, 0) is 109 Å². The van der Waals surface area contributed by atoms with Crippen LogP contribution in [0.3, 0.4) is 0 Å². The van der Waals surface area contributed by atoms with Gasteiger partial charge in [0, 0.05) is 45.2 Å². The number of carbonyl (C=O) groups excluding carboxylic acids is 3. The largest absolute Gasteiger partial charge is 0.456 e. The fourth-order valence-electron chi connectivity index (χ4n) is 8.68. The molecule has 13 heteroatoms. The molecule has 0 bridgehead atoms. The molecule has 13 nitrogen and oxygen atoms in total. The summed E-state index contributed by atoms with van der Waals surface area (Å²) in [6, 6.07) is -1.08. The van der Waals surface area contributed by atoms with Gasteiger partial charge < -0.3 is 44.0 Å². The first kappa shape index (κ1) is 48.7. The van der Waals surface area contributed by atoms with Crippen molar-refractivity contribution in [3.05, 3.63) is 23.3 Å². The number of hydrogen-bond donors (Lipinski definition) is 3. The van der Waals surface area contributed by atoms with E-state index < -0.39 is 71.8 Å². The summed E-state index contributed by atoms with van der Waals surface area (Å²) >= 11 is 0. The zero-order valence-electron chi connectivity index (χ0n) is 36.2. The highest BCUT2D eigenvalue weighted by Crippen LogP contribution is 2.39. The second-order valence-corrected chi connectivity index (χ2v) is 16.9. The Morgan fingerprint density at radius 2 is 1.75 bits per heavy atom. The van der Waals surface area contributed by atoms with Gasteiger partial charge in [-0.25, -0.2) is 4.79 Å². The van der Waals surface area contributed by atoms with Crippen LogP contribution < -0.4 is 0 Å². The Labute approximate surface area is 341 Å². The maximum absolute atomic E-state index is 14.2. The molecule has 3 aliphatic rings. The molecule has 0 aromatic carbocycles. The number of rotatable bonds is 21. The third-order valence-corrected chi connectivity index (χ3v) is 12.2. The van der Waals surface area contributed by atoms with Gasteiger partial charge in [-0.3, -0.25) is 9.59 Å². The van der Waals surface area contributed by atoms with E-state index in [0.717, 1.165) is 37.7 Å². The van der Waals surface area contributed by atoms with Crippen LogP contribution in [0.4, 0.5) is 0 Å². The van der Waals surface area contributed by atoms with Crippen molar-refractivity contribution in [2.75, 3.05) is 27.4 Å². The Bertz CT molecular complexity index is 1360. The minimum absolute atomic E-state index is 0.123. The molecule has 0 radical (unpaired) electrons. The van der Waals surface area contributed by atoms with E-state index in [2.05, 4.69) is 38.1 Å². The first-order chi connectivity index (χ1) is 27.1. The van der Waals surface area contributed by atoms with Crippen LogP contribution in [0.2, 0.25) is 0 Å². The number of carbonyl (C=O) groups is 3. The van der Waals surface area contributed by atoms with Gasteiger partial charge in [0.2, 0.25) is 5.79 Å². The molecule has 3 fully saturated rings. The predicted molar refractivity (Wildman–Crippen MR) is 218 cm³/mol. The third-order valence-electron chi connectivity index (χ3n) is 12.2. The molecular formula is C44H74N2O11. The first-order valence-corrected chi connectivity index (χ1v) is 21.5. The molecule has 2 saturated heterocycles. The van der Waals surface area contributed by atoms with Gasteiger partial charge in [0.05, 0.1) is 24.4 Å². The van der Waals surface area contributed by atoms with E-state index in [1.807, 2.05) is 13.8 Å². The second-order valence-electron chi connectivity index (χ2n) is 16.9. The normalized spacial score (nSPS) is 30.4. The smallest absolute Gasteiger partial charge is 0.329 e. The average Bonchev–Trinajstić information content (AvgIpc) is 3.20. The van der Waals surface area contributed by atoms with Gasteiger partial charge in [-0.1, -0.05) is 57.0 Å². The lowest BCUT2D eigenvalue weighted by Gasteiger charge is -2.47. The van der Waals surface area contributed by atoms with Crippen LogP contribution in [-0.4, -0.2) is 120 Å². The van der Waals surface area contributed by atoms with Gasteiger partial charge in [0.1, 0.15) is 24.9 Å². The molecule has 3 rings (SSSR count). The topological polar surface area (TPSA) is 174 Å². The molecule has 57 heavy (non-hydrogen) atoms. The van der Waals surface area contributed by atoms with Gasteiger partial charge in [0.25, 0.3) is 11.7 Å². The molecule has 0 aromatic heterocycles. The maximum Gasteiger partial charge on any atom is 0.329 e.